The molecule has 0 aromatic heterocycles. The molecule has 0 saturated carbocycles. The molecule has 118 valence electrons. The second-order valence-electron chi connectivity index (χ2n) is 4.70. The Morgan fingerprint density at radius 3 is 2.41 bits per heavy atom. The number of primary amides is 1. The van der Waals surface area contributed by atoms with Crippen molar-refractivity contribution in [2.24, 2.45) is 5.73 Å². The van der Waals surface area contributed by atoms with Gasteiger partial charge < -0.3 is 10.5 Å². The average Bonchev–Trinajstić information content (AvgIpc) is 2.71. The van der Waals surface area contributed by atoms with Crippen molar-refractivity contribution in [3.63, 3.8) is 0 Å². The van der Waals surface area contributed by atoms with Gasteiger partial charge in [-0.2, -0.15) is 0 Å². The molecular formula is C16H20N2O4. The van der Waals surface area contributed by atoms with Gasteiger partial charge in [0, 0.05) is 12.0 Å². The molecule has 1 unspecified atom stereocenters. The Kier molecular flexibility index (Phi) is 5.86. The van der Waals surface area contributed by atoms with Crippen molar-refractivity contribution in [2.75, 3.05) is 7.11 Å². The van der Waals surface area contributed by atoms with Gasteiger partial charge in [0.05, 0.1) is 18.4 Å². The van der Waals surface area contributed by atoms with Gasteiger partial charge in [-0.25, -0.2) is 0 Å². The molecule has 0 spiro atoms. The molecule has 0 aromatic carbocycles. The highest BCUT2D eigenvalue weighted by Crippen LogP contribution is 2.28. The summed E-state index contributed by atoms with van der Waals surface area (Å²) in [6.07, 6.45) is 4.87. The summed E-state index contributed by atoms with van der Waals surface area (Å²) in [5.74, 6) is -1.39. The van der Waals surface area contributed by atoms with Crippen LogP contribution in [0.2, 0.25) is 0 Å². The monoisotopic (exact) mass is 304 g/mol. The predicted molar refractivity (Wildman–Crippen MR) is 82.3 cm³/mol. The number of likely N-dealkylation sites (tertiary alicyclic amines) is 1. The minimum atomic E-state index is -1.04. The van der Waals surface area contributed by atoms with Crippen LogP contribution in [0.3, 0.4) is 0 Å². The zero-order valence-corrected chi connectivity index (χ0v) is 12.8. The molecule has 1 atom stereocenters. The fraction of sp³-hybridized carbons (Fsp3) is 0.312. The minimum Gasteiger partial charge on any atom is -0.502 e. The number of hydrogen-bond acceptors (Lipinski definition) is 4. The lowest BCUT2D eigenvalue weighted by molar-refractivity contribution is -0.144. The second-order valence-corrected chi connectivity index (χ2v) is 4.70. The fourth-order valence-corrected chi connectivity index (χ4v) is 2.22. The topological polar surface area (TPSA) is 89.7 Å². The summed E-state index contributed by atoms with van der Waals surface area (Å²) in [7, 11) is 1.45. The van der Waals surface area contributed by atoms with E-state index in [0.717, 1.165) is 4.90 Å². The normalized spacial score (nSPS) is 19.6. The molecule has 0 radical (unpaired) electrons. The standard InChI is InChI=1S/C16H20N2O4/c1-5-7-12-11(6-2)15(20)18(16(12)21)13(14(17)19)9-8-10(3)22-4/h5-7,13H,1,3,8-9H2,2,4H3,(H2,17,19)/b11-6+,12-7+. The Balaban J connectivity index is 3.15. The van der Waals surface area contributed by atoms with Crippen molar-refractivity contribution >= 4 is 17.7 Å². The fourth-order valence-electron chi connectivity index (χ4n) is 2.22. The summed E-state index contributed by atoms with van der Waals surface area (Å²) in [4.78, 5) is 37.4. The second kappa shape index (κ2) is 7.40. The average molecular weight is 304 g/mol. The maximum Gasteiger partial charge on any atom is 0.262 e. The molecule has 3 amide bonds. The lowest BCUT2D eigenvalue weighted by Crippen LogP contribution is -2.47. The Bertz CT molecular complexity index is 587. The number of rotatable bonds is 7. The molecule has 6 nitrogen and oxygen atoms in total. The molecule has 0 aliphatic carbocycles. The van der Waals surface area contributed by atoms with Crippen molar-refractivity contribution in [2.45, 2.75) is 25.8 Å². The van der Waals surface area contributed by atoms with Crippen LogP contribution in [0.1, 0.15) is 19.8 Å². The third-order valence-electron chi connectivity index (χ3n) is 3.39. The Hall–Kier alpha value is -2.63. The molecule has 22 heavy (non-hydrogen) atoms. The van der Waals surface area contributed by atoms with E-state index in [1.165, 1.54) is 25.3 Å². The lowest BCUT2D eigenvalue weighted by Gasteiger charge is -2.23. The van der Waals surface area contributed by atoms with E-state index >= 15 is 0 Å². The number of amides is 3. The van der Waals surface area contributed by atoms with E-state index in [1.54, 1.807) is 6.92 Å². The van der Waals surface area contributed by atoms with E-state index < -0.39 is 23.8 Å². The highest BCUT2D eigenvalue weighted by molar-refractivity contribution is 6.25. The third kappa shape index (κ3) is 3.33. The molecular weight excluding hydrogens is 284 g/mol. The van der Waals surface area contributed by atoms with Crippen LogP contribution in [-0.2, 0) is 19.1 Å². The molecule has 0 aromatic rings. The first-order valence-electron chi connectivity index (χ1n) is 6.77. The van der Waals surface area contributed by atoms with E-state index in [4.69, 9.17) is 10.5 Å². The summed E-state index contributed by atoms with van der Waals surface area (Å²) in [6.45, 7) is 8.81. The Morgan fingerprint density at radius 1 is 1.36 bits per heavy atom. The SMILES string of the molecule is C=C/C=C1/C(=O)N(C(CCC(=C)OC)C(N)=O)C(=O)/C1=C/C. The van der Waals surface area contributed by atoms with E-state index in [-0.39, 0.29) is 17.6 Å². The van der Waals surface area contributed by atoms with Gasteiger partial charge in [-0.1, -0.05) is 25.3 Å². The molecule has 1 heterocycles. The molecule has 1 rings (SSSR count). The number of carbonyl (C=O) groups excluding carboxylic acids is 3. The number of imide groups is 1. The largest absolute Gasteiger partial charge is 0.502 e. The Labute approximate surface area is 129 Å². The summed E-state index contributed by atoms with van der Waals surface area (Å²) in [5.41, 5.74) is 5.81. The molecule has 1 aliphatic heterocycles. The van der Waals surface area contributed by atoms with Gasteiger partial charge in [0.25, 0.3) is 11.8 Å². The summed E-state index contributed by atoms with van der Waals surface area (Å²) in [5, 5.41) is 0. The number of allylic oxidation sites excluding steroid dienone is 4. The van der Waals surface area contributed by atoms with Crippen molar-refractivity contribution < 1.29 is 19.1 Å². The predicted octanol–water partition coefficient (Wildman–Crippen LogP) is 1.21. The molecule has 1 fully saturated rings. The zero-order valence-electron chi connectivity index (χ0n) is 12.8. The first-order chi connectivity index (χ1) is 10.4. The van der Waals surface area contributed by atoms with Crippen molar-refractivity contribution in [3.8, 4) is 0 Å². The minimum absolute atomic E-state index is 0.165. The smallest absolute Gasteiger partial charge is 0.262 e. The van der Waals surface area contributed by atoms with Crippen molar-refractivity contribution in [3.05, 3.63) is 48.3 Å². The van der Waals surface area contributed by atoms with Gasteiger partial charge in [-0.15, -0.1) is 0 Å². The first-order valence-corrected chi connectivity index (χ1v) is 6.77. The van der Waals surface area contributed by atoms with Crippen LogP contribution in [0, 0.1) is 0 Å². The molecule has 1 saturated heterocycles. The first kappa shape index (κ1) is 17.4. The summed E-state index contributed by atoms with van der Waals surface area (Å²) < 4.78 is 4.93. The van der Waals surface area contributed by atoms with E-state index in [1.807, 2.05) is 0 Å². The maximum absolute atomic E-state index is 12.4. The number of hydrogen-bond donors (Lipinski definition) is 1. The van der Waals surface area contributed by atoms with Crippen LogP contribution < -0.4 is 5.73 Å². The van der Waals surface area contributed by atoms with Gasteiger partial charge >= 0.3 is 0 Å². The van der Waals surface area contributed by atoms with Gasteiger partial charge in [0.15, 0.2) is 0 Å². The zero-order chi connectivity index (χ0) is 16.9. The summed E-state index contributed by atoms with van der Waals surface area (Å²) in [6, 6.07) is -1.04. The molecule has 0 bridgehead atoms. The van der Waals surface area contributed by atoms with E-state index in [0.29, 0.717) is 12.2 Å². The number of nitrogens with two attached hydrogens (primary N) is 1. The van der Waals surface area contributed by atoms with Crippen molar-refractivity contribution in [1.29, 1.82) is 0 Å². The molecule has 6 heteroatoms. The Morgan fingerprint density at radius 2 is 1.95 bits per heavy atom. The quantitative estimate of drug-likeness (QED) is 0.435. The van der Waals surface area contributed by atoms with Crippen LogP contribution in [0.5, 0.6) is 0 Å². The van der Waals surface area contributed by atoms with Gasteiger partial charge in [0.2, 0.25) is 5.91 Å². The maximum atomic E-state index is 12.4. The lowest BCUT2D eigenvalue weighted by atomic mass is 10.1. The van der Waals surface area contributed by atoms with Crippen molar-refractivity contribution in [1.82, 2.24) is 4.90 Å². The van der Waals surface area contributed by atoms with Crippen LogP contribution in [-0.4, -0.2) is 35.8 Å². The number of nitrogens with zero attached hydrogens (tertiary/aromatic N) is 1. The number of carbonyl (C=O) groups is 3. The van der Waals surface area contributed by atoms with Crippen LogP contribution in [0.4, 0.5) is 0 Å². The van der Waals surface area contributed by atoms with Gasteiger partial charge in [0.1, 0.15) is 6.04 Å². The van der Waals surface area contributed by atoms with E-state index in [2.05, 4.69) is 13.2 Å². The highest BCUT2D eigenvalue weighted by atomic mass is 16.5. The third-order valence-corrected chi connectivity index (χ3v) is 3.39. The van der Waals surface area contributed by atoms with Gasteiger partial charge in [-0.05, 0) is 19.4 Å². The highest BCUT2D eigenvalue weighted by Gasteiger charge is 2.43. The molecule has 1 aliphatic rings. The number of ether oxygens (including phenoxy) is 1. The summed E-state index contributed by atoms with van der Waals surface area (Å²) >= 11 is 0. The molecule has 2 N–H and O–H groups in total. The van der Waals surface area contributed by atoms with Crippen LogP contribution in [0.15, 0.2) is 48.3 Å². The number of methoxy groups -OCH3 is 1. The van der Waals surface area contributed by atoms with Gasteiger partial charge in [-0.3, -0.25) is 19.3 Å². The van der Waals surface area contributed by atoms with Crippen LogP contribution >= 0.6 is 0 Å². The van der Waals surface area contributed by atoms with E-state index in [9.17, 15) is 14.4 Å². The van der Waals surface area contributed by atoms with Crippen LogP contribution in [0.25, 0.3) is 0 Å².